The number of thioether (sulfide) groups is 2. The van der Waals surface area contributed by atoms with Gasteiger partial charge in [-0.2, -0.15) is 0 Å². The van der Waals surface area contributed by atoms with Crippen LogP contribution in [0, 0.1) is 10.1 Å². The Labute approximate surface area is 179 Å². The predicted molar refractivity (Wildman–Crippen MR) is 118 cm³/mol. The molecule has 29 heavy (non-hydrogen) atoms. The first kappa shape index (κ1) is 19.9. The van der Waals surface area contributed by atoms with Crippen LogP contribution in [-0.2, 0) is 18.1 Å². The molecule has 0 radical (unpaired) electrons. The van der Waals surface area contributed by atoms with Crippen molar-refractivity contribution in [2.75, 3.05) is 0 Å². The molecule has 0 saturated heterocycles. The van der Waals surface area contributed by atoms with Crippen molar-refractivity contribution < 1.29 is 4.92 Å². The third-order valence-corrected chi connectivity index (χ3v) is 7.44. The highest BCUT2D eigenvalue weighted by molar-refractivity contribution is 8.00. The Kier molecular flexibility index (Phi) is 6.12. The first-order valence-corrected chi connectivity index (χ1v) is 11.7. The number of hydrogen-bond acceptors (Lipinski definition) is 8. The molecule has 2 heterocycles. The summed E-state index contributed by atoms with van der Waals surface area (Å²) in [6, 6.07) is 14.7. The minimum atomic E-state index is -0.389. The Morgan fingerprint density at radius 2 is 1.86 bits per heavy atom. The van der Waals surface area contributed by atoms with E-state index in [9.17, 15) is 10.1 Å². The fraction of sp³-hybridized carbons (Fsp3) is 0.211. The van der Waals surface area contributed by atoms with Gasteiger partial charge in [-0.25, -0.2) is 4.98 Å². The highest BCUT2D eigenvalue weighted by atomic mass is 32.2. The van der Waals surface area contributed by atoms with E-state index in [1.807, 2.05) is 18.2 Å². The first-order valence-electron chi connectivity index (χ1n) is 8.90. The van der Waals surface area contributed by atoms with E-state index in [4.69, 9.17) is 0 Å². The summed E-state index contributed by atoms with van der Waals surface area (Å²) >= 11 is 4.94. The van der Waals surface area contributed by atoms with E-state index < -0.39 is 0 Å². The van der Waals surface area contributed by atoms with Gasteiger partial charge in [0.2, 0.25) is 0 Å². The first-order chi connectivity index (χ1) is 14.1. The molecule has 2 aromatic heterocycles. The van der Waals surface area contributed by atoms with Gasteiger partial charge in [0.1, 0.15) is 5.82 Å². The monoisotopic (exact) mass is 443 g/mol. The SMILES string of the molecule is CCn1c(CSc2nc3ccccc3s2)nnc1SCc1ccc([N+](=O)[O-])cc1. The Balaban J connectivity index is 1.41. The summed E-state index contributed by atoms with van der Waals surface area (Å²) < 4.78 is 4.32. The normalized spacial score (nSPS) is 11.2. The van der Waals surface area contributed by atoms with Crippen LogP contribution in [0.3, 0.4) is 0 Å². The maximum Gasteiger partial charge on any atom is 0.269 e. The summed E-state index contributed by atoms with van der Waals surface area (Å²) in [7, 11) is 0. The molecule has 2 aromatic carbocycles. The fourth-order valence-electron chi connectivity index (χ4n) is 2.75. The lowest BCUT2D eigenvalue weighted by atomic mass is 10.2. The van der Waals surface area contributed by atoms with E-state index in [1.165, 1.54) is 16.8 Å². The van der Waals surface area contributed by atoms with Crippen molar-refractivity contribution in [3.63, 3.8) is 0 Å². The predicted octanol–water partition coefficient (Wildman–Crippen LogP) is 5.40. The highest BCUT2D eigenvalue weighted by Crippen LogP contribution is 2.32. The molecule has 0 fully saturated rings. The van der Waals surface area contributed by atoms with Gasteiger partial charge < -0.3 is 4.57 Å². The van der Waals surface area contributed by atoms with E-state index in [1.54, 1.807) is 47.0 Å². The molecule has 0 saturated carbocycles. The standard InChI is InChI=1S/C19H17N5O2S3/c1-2-23-17(12-28-19-20-15-5-3-4-6-16(15)29-19)21-22-18(23)27-11-13-7-9-14(10-8-13)24(25)26/h3-10H,2,11-12H2,1H3. The van der Waals surface area contributed by atoms with Crippen LogP contribution < -0.4 is 0 Å². The summed E-state index contributed by atoms with van der Waals surface area (Å²) in [5.74, 6) is 2.31. The largest absolute Gasteiger partial charge is 0.306 e. The second kappa shape index (κ2) is 8.93. The molecule has 0 aliphatic heterocycles. The minimum Gasteiger partial charge on any atom is -0.306 e. The average molecular weight is 444 g/mol. The van der Waals surface area contributed by atoms with Gasteiger partial charge in [0, 0.05) is 24.4 Å². The van der Waals surface area contributed by atoms with Crippen LogP contribution in [0.4, 0.5) is 5.69 Å². The molecule has 0 amide bonds. The molecule has 7 nitrogen and oxygen atoms in total. The van der Waals surface area contributed by atoms with Crippen molar-refractivity contribution in [2.24, 2.45) is 0 Å². The van der Waals surface area contributed by atoms with Crippen LogP contribution in [0.1, 0.15) is 18.3 Å². The van der Waals surface area contributed by atoms with Crippen LogP contribution in [0.2, 0.25) is 0 Å². The van der Waals surface area contributed by atoms with Crippen LogP contribution in [0.25, 0.3) is 10.2 Å². The molecule has 0 aliphatic rings. The van der Waals surface area contributed by atoms with Gasteiger partial charge >= 0.3 is 0 Å². The molecule has 0 N–H and O–H groups in total. The molecular formula is C19H17N5O2S3. The molecular weight excluding hydrogens is 426 g/mol. The summed E-state index contributed by atoms with van der Waals surface area (Å²) in [6.45, 7) is 2.86. The Morgan fingerprint density at radius 1 is 1.07 bits per heavy atom. The zero-order chi connectivity index (χ0) is 20.2. The Morgan fingerprint density at radius 3 is 2.59 bits per heavy atom. The van der Waals surface area contributed by atoms with Crippen LogP contribution in [-0.4, -0.2) is 24.7 Å². The number of fused-ring (bicyclic) bond motifs is 1. The number of thiazole rings is 1. The Bertz CT molecular complexity index is 1110. The van der Waals surface area contributed by atoms with Crippen molar-refractivity contribution in [3.8, 4) is 0 Å². The lowest BCUT2D eigenvalue weighted by Gasteiger charge is -2.06. The minimum absolute atomic E-state index is 0.102. The lowest BCUT2D eigenvalue weighted by molar-refractivity contribution is -0.384. The van der Waals surface area contributed by atoms with Crippen LogP contribution >= 0.6 is 34.9 Å². The lowest BCUT2D eigenvalue weighted by Crippen LogP contribution is -2.02. The molecule has 0 aliphatic carbocycles. The number of aromatic nitrogens is 4. The maximum absolute atomic E-state index is 10.8. The van der Waals surface area contributed by atoms with Gasteiger partial charge in [-0.15, -0.1) is 21.5 Å². The fourth-order valence-corrected chi connectivity index (χ4v) is 5.74. The summed E-state index contributed by atoms with van der Waals surface area (Å²) in [5, 5.41) is 20.3. The third-order valence-electron chi connectivity index (χ3n) is 4.22. The van der Waals surface area contributed by atoms with Gasteiger partial charge in [-0.1, -0.05) is 47.8 Å². The van der Waals surface area contributed by atoms with Crippen LogP contribution in [0.5, 0.6) is 0 Å². The average Bonchev–Trinajstić information content (AvgIpc) is 3.33. The van der Waals surface area contributed by atoms with Crippen molar-refractivity contribution >= 4 is 50.8 Å². The van der Waals surface area contributed by atoms with E-state index in [0.717, 1.165) is 32.9 Å². The third kappa shape index (κ3) is 4.60. The molecule has 4 aromatic rings. The Hall–Kier alpha value is -2.43. The number of para-hydroxylation sites is 1. The number of nitrogens with zero attached hydrogens (tertiary/aromatic N) is 5. The molecule has 4 rings (SSSR count). The zero-order valence-corrected chi connectivity index (χ0v) is 18.0. The number of rotatable bonds is 8. The topological polar surface area (TPSA) is 86.7 Å². The van der Waals surface area contributed by atoms with Gasteiger partial charge in [-0.05, 0) is 24.6 Å². The number of non-ortho nitro benzene ring substituents is 1. The second-order valence-corrected chi connectivity index (χ2v) is 9.29. The number of nitro benzene ring substituents is 1. The molecule has 148 valence electrons. The quantitative estimate of drug-likeness (QED) is 0.205. The van der Waals surface area contributed by atoms with Crippen molar-refractivity contribution in [2.45, 2.75) is 34.5 Å². The van der Waals surface area contributed by atoms with E-state index in [2.05, 4.69) is 32.7 Å². The zero-order valence-electron chi connectivity index (χ0n) is 15.5. The van der Waals surface area contributed by atoms with E-state index in [-0.39, 0.29) is 10.6 Å². The maximum atomic E-state index is 10.8. The summed E-state index contributed by atoms with van der Waals surface area (Å²) in [4.78, 5) is 15.0. The molecule has 0 atom stereocenters. The summed E-state index contributed by atoms with van der Waals surface area (Å²) in [5.41, 5.74) is 2.14. The number of nitro groups is 1. The van der Waals surface area contributed by atoms with Gasteiger partial charge in [0.15, 0.2) is 9.50 Å². The van der Waals surface area contributed by atoms with Gasteiger partial charge in [0.05, 0.1) is 20.9 Å². The van der Waals surface area contributed by atoms with E-state index in [0.29, 0.717) is 11.5 Å². The molecule has 0 bridgehead atoms. The van der Waals surface area contributed by atoms with Crippen LogP contribution in [0.15, 0.2) is 58.0 Å². The highest BCUT2D eigenvalue weighted by Gasteiger charge is 2.13. The molecule has 0 spiro atoms. The van der Waals surface area contributed by atoms with Crippen molar-refractivity contribution in [1.82, 2.24) is 19.7 Å². The number of benzene rings is 2. The van der Waals surface area contributed by atoms with E-state index >= 15 is 0 Å². The second-order valence-electron chi connectivity index (χ2n) is 6.09. The summed E-state index contributed by atoms with van der Waals surface area (Å²) in [6.07, 6.45) is 0. The molecule has 0 unspecified atom stereocenters. The van der Waals surface area contributed by atoms with Gasteiger partial charge in [-0.3, -0.25) is 10.1 Å². The molecule has 10 heteroatoms. The smallest absolute Gasteiger partial charge is 0.269 e. The number of hydrogen-bond donors (Lipinski definition) is 0. The van der Waals surface area contributed by atoms with Crippen molar-refractivity contribution in [1.29, 1.82) is 0 Å². The van der Waals surface area contributed by atoms with Gasteiger partial charge in [0.25, 0.3) is 5.69 Å². The van der Waals surface area contributed by atoms with Crippen molar-refractivity contribution in [3.05, 3.63) is 70.0 Å².